The van der Waals surface area contributed by atoms with Crippen LogP contribution in [0.25, 0.3) is 10.9 Å². The van der Waals surface area contributed by atoms with E-state index in [0.717, 1.165) is 28.6 Å². The standard InChI is InChI=1S/C19H17F3N2O4/c1-26-28-18(25)24-17-11-23-16-7-2-12(10-15(16)17)8-9-27-14-5-3-13(4-6-14)19(20,21)22/h2-7,10-11,23H,8-9H2,1H3,(H,24,25). The number of amides is 1. The van der Waals surface area contributed by atoms with Crippen molar-refractivity contribution in [2.45, 2.75) is 12.6 Å². The summed E-state index contributed by atoms with van der Waals surface area (Å²) in [4.78, 5) is 23.2. The Kier molecular flexibility index (Phi) is 5.74. The lowest BCUT2D eigenvalue weighted by Gasteiger charge is -2.09. The fraction of sp³-hybridized carbons (Fsp3) is 0.211. The summed E-state index contributed by atoms with van der Waals surface area (Å²) >= 11 is 0. The summed E-state index contributed by atoms with van der Waals surface area (Å²) in [5.41, 5.74) is 1.56. The average molecular weight is 394 g/mol. The lowest BCUT2D eigenvalue weighted by molar-refractivity contribution is -0.208. The number of nitrogens with one attached hydrogen (secondary N) is 2. The topological polar surface area (TPSA) is 72.6 Å². The Hall–Kier alpha value is -3.20. The van der Waals surface area contributed by atoms with Crippen molar-refractivity contribution in [3.63, 3.8) is 0 Å². The summed E-state index contributed by atoms with van der Waals surface area (Å²) in [5, 5.41) is 3.33. The highest BCUT2D eigenvalue weighted by molar-refractivity contribution is 5.99. The van der Waals surface area contributed by atoms with Gasteiger partial charge in [-0.3, -0.25) is 10.2 Å². The first kappa shape index (κ1) is 19.6. The Morgan fingerprint density at radius 1 is 1.14 bits per heavy atom. The van der Waals surface area contributed by atoms with Crippen LogP contribution in [0.2, 0.25) is 0 Å². The van der Waals surface area contributed by atoms with Gasteiger partial charge in [-0.05, 0) is 42.0 Å². The fourth-order valence-corrected chi connectivity index (χ4v) is 2.66. The number of benzene rings is 2. The zero-order valence-corrected chi connectivity index (χ0v) is 14.8. The lowest BCUT2D eigenvalue weighted by Crippen LogP contribution is -2.12. The molecule has 1 amide bonds. The number of hydrogen-bond acceptors (Lipinski definition) is 4. The Morgan fingerprint density at radius 3 is 2.57 bits per heavy atom. The van der Waals surface area contributed by atoms with E-state index in [2.05, 4.69) is 20.1 Å². The van der Waals surface area contributed by atoms with Gasteiger partial charge in [0.1, 0.15) is 5.75 Å². The summed E-state index contributed by atoms with van der Waals surface area (Å²) < 4.78 is 43.2. The third-order valence-corrected chi connectivity index (χ3v) is 3.98. The molecule has 0 aliphatic heterocycles. The van der Waals surface area contributed by atoms with E-state index in [1.807, 2.05) is 18.2 Å². The smallest absolute Gasteiger partial charge is 0.443 e. The number of carbonyl (C=O) groups is 1. The van der Waals surface area contributed by atoms with E-state index in [-0.39, 0.29) is 6.61 Å². The molecule has 6 nitrogen and oxygen atoms in total. The van der Waals surface area contributed by atoms with Crippen LogP contribution in [0.5, 0.6) is 5.75 Å². The van der Waals surface area contributed by atoms with Crippen molar-refractivity contribution >= 4 is 22.7 Å². The summed E-state index contributed by atoms with van der Waals surface area (Å²) in [6, 6.07) is 10.2. The predicted octanol–water partition coefficient (Wildman–Crippen LogP) is 4.92. The molecule has 0 radical (unpaired) electrons. The van der Waals surface area contributed by atoms with Gasteiger partial charge in [0.05, 0.1) is 25.0 Å². The van der Waals surface area contributed by atoms with Crippen molar-refractivity contribution in [3.8, 4) is 5.75 Å². The van der Waals surface area contributed by atoms with Crippen LogP contribution >= 0.6 is 0 Å². The molecule has 0 unspecified atom stereocenters. The minimum absolute atomic E-state index is 0.287. The number of alkyl halides is 3. The van der Waals surface area contributed by atoms with Gasteiger partial charge in [0.25, 0.3) is 0 Å². The van der Waals surface area contributed by atoms with Gasteiger partial charge in [0.15, 0.2) is 0 Å². The van der Waals surface area contributed by atoms with Crippen LogP contribution in [-0.4, -0.2) is 24.8 Å². The molecule has 3 aromatic rings. The van der Waals surface area contributed by atoms with Crippen molar-refractivity contribution in [1.82, 2.24) is 4.98 Å². The van der Waals surface area contributed by atoms with Crippen LogP contribution in [0, 0.1) is 0 Å². The third-order valence-electron chi connectivity index (χ3n) is 3.98. The number of fused-ring (bicyclic) bond motifs is 1. The highest BCUT2D eigenvalue weighted by Gasteiger charge is 2.30. The second-order valence-corrected chi connectivity index (χ2v) is 5.87. The highest BCUT2D eigenvalue weighted by Crippen LogP contribution is 2.30. The molecule has 0 saturated carbocycles. The Morgan fingerprint density at radius 2 is 1.89 bits per heavy atom. The summed E-state index contributed by atoms with van der Waals surface area (Å²) in [6.45, 7) is 0.287. The Balaban J connectivity index is 1.62. The van der Waals surface area contributed by atoms with Crippen molar-refractivity contribution in [3.05, 3.63) is 59.8 Å². The third kappa shape index (κ3) is 4.74. The van der Waals surface area contributed by atoms with Crippen LogP contribution < -0.4 is 10.1 Å². The van der Waals surface area contributed by atoms with E-state index < -0.39 is 17.8 Å². The van der Waals surface area contributed by atoms with Gasteiger partial charge in [-0.2, -0.15) is 18.1 Å². The highest BCUT2D eigenvalue weighted by atomic mass is 19.4. The van der Waals surface area contributed by atoms with Crippen LogP contribution in [0.15, 0.2) is 48.7 Å². The molecule has 1 heterocycles. The van der Waals surface area contributed by atoms with E-state index in [1.165, 1.54) is 19.2 Å². The molecule has 0 saturated heterocycles. The summed E-state index contributed by atoms with van der Waals surface area (Å²) in [7, 11) is 1.23. The Bertz CT molecular complexity index is 952. The van der Waals surface area contributed by atoms with E-state index >= 15 is 0 Å². The van der Waals surface area contributed by atoms with Crippen molar-refractivity contribution in [2.24, 2.45) is 0 Å². The molecular formula is C19H17F3N2O4. The number of rotatable bonds is 6. The lowest BCUT2D eigenvalue weighted by atomic mass is 10.1. The minimum Gasteiger partial charge on any atom is -0.493 e. The average Bonchev–Trinajstić information content (AvgIpc) is 3.04. The van der Waals surface area contributed by atoms with Crippen LogP contribution in [-0.2, 0) is 22.4 Å². The van der Waals surface area contributed by atoms with Gasteiger partial charge in [0, 0.05) is 23.5 Å². The maximum Gasteiger partial charge on any atom is 0.443 e. The molecule has 1 aromatic heterocycles. The molecule has 148 valence electrons. The number of H-pyrrole nitrogens is 1. The van der Waals surface area contributed by atoms with Gasteiger partial charge < -0.3 is 9.72 Å². The normalized spacial score (nSPS) is 11.4. The van der Waals surface area contributed by atoms with E-state index in [4.69, 9.17) is 4.74 Å². The van der Waals surface area contributed by atoms with Crippen molar-refractivity contribution < 1.29 is 32.5 Å². The van der Waals surface area contributed by atoms with Crippen molar-refractivity contribution in [2.75, 3.05) is 19.0 Å². The second-order valence-electron chi connectivity index (χ2n) is 5.87. The zero-order valence-electron chi connectivity index (χ0n) is 14.8. The maximum absolute atomic E-state index is 12.6. The quantitative estimate of drug-likeness (QED) is 0.460. The number of anilines is 1. The minimum atomic E-state index is -4.37. The first-order chi connectivity index (χ1) is 13.4. The maximum atomic E-state index is 12.6. The van der Waals surface area contributed by atoms with Gasteiger partial charge >= 0.3 is 12.3 Å². The van der Waals surface area contributed by atoms with Crippen LogP contribution in [0.3, 0.4) is 0 Å². The van der Waals surface area contributed by atoms with Gasteiger partial charge in [-0.1, -0.05) is 6.07 Å². The molecule has 2 N–H and O–H groups in total. The molecule has 0 bridgehead atoms. The summed E-state index contributed by atoms with van der Waals surface area (Å²) in [5.74, 6) is 0.361. The van der Waals surface area contributed by atoms with Crippen LogP contribution in [0.4, 0.5) is 23.7 Å². The van der Waals surface area contributed by atoms with Crippen molar-refractivity contribution in [1.29, 1.82) is 0 Å². The number of hydrogen-bond donors (Lipinski definition) is 2. The van der Waals surface area contributed by atoms with Gasteiger partial charge in [0.2, 0.25) is 0 Å². The fourth-order valence-electron chi connectivity index (χ4n) is 2.66. The predicted molar refractivity (Wildman–Crippen MR) is 96.1 cm³/mol. The SMILES string of the molecule is COOC(=O)Nc1c[nH]c2ccc(CCOc3ccc(C(F)(F)F)cc3)cc12. The zero-order chi connectivity index (χ0) is 20.1. The first-order valence-electron chi connectivity index (χ1n) is 8.28. The molecule has 3 rings (SSSR count). The second kappa shape index (κ2) is 8.22. The largest absolute Gasteiger partial charge is 0.493 e. The number of ether oxygens (including phenoxy) is 1. The number of halogens is 3. The molecule has 0 fully saturated rings. The van der Waals surface area contributed by atoms with E-state index in [0.29, 0.717) is 17.9 Å². The number of carbonyl (C=O) groups excluding carboxylic acids is 1. The molecule has 9 heteroatoms. The van der Waals surface area contributed by atoms with E-state index in [1.54, 1.807) is 6.20 Å². The first-order valence-corrected chi connectivity index (χ1v) is 8.28. The van der Waals surface area contributed by atoms with Gasteiger partial charge in [-0.25, -0.2) is 4.79 Å². The molecule has 2 aromatic carbocycles. The summed E-state index contributed by atoms with van der Waals surface area (Å²) in [6.07, 6.45) is -2.96. The number of aromatic nitrogens is 1. The van der Waals surface area contributed by atoms with Gasteiger partial charge in [-0.15, -0.1) is 0 Å². The molecule has 0 aliphatic carbocycles. The Labute approximate surface area is 158 Å². The molecule has 0 atom stereocenters. The van der Waals surface area contributed by atoms with Crippen LogP contribution in [0.1, 0.15) is 11.1 Å². The molecule has 0 spiro atoms. The monoisotopic (exact) mass is 394 g/mol. The number of aromatic amines is 1. The van der Waals surface area contributed by atoms with E-state index in [9.17, 15) is 18.0 Å². The molecular weight excluding hydrogens is 377 g/mol. The molecule has 0 aliphatic rings. The molecule has 28 heavy (non-hydrogen) atoms.